The molecule has 1 aliphatic carbocycles. The van der Waals surface area contributed by atoms with E-state index in [-0.39, 0.29) is 0 Å². The van der Waals surface area contributed by atoms with Gasteiger partial charge in [-0.1, -0.05) is 121 Å². The van der Waals surface area contributed by atoms with E-state index in [0.29, 0.717) is 19.3 Å². The van der Waals surface area contributed by atoms with Crippen LogP contribution < -0.4 is 18.9 Å². The standard InChI is InChI=1S/C48H40O4/c1-49-45-33-22-29(37-13-5-9-17-41(37)45)21-30-23-35(47(51-3)42-18-10-6-14-38(30)42)28-36-27-32(40-16-8-12-20-44(40)48(36)52-4)26-34-25-31(24-33)39-15-7-11-19-43(39)46(34)50-2/h5-20,22-23,25,27H,21,24,26,28H2,1-4H3. The van der Waals surface area contributed by atoms with Crippen molar-refractivity contribution in [3.05, 3.63) is 166 Å². The first-order chi connectivity index (χ1) is 25.6. The predicted octanol–water partition coefficient (Wildman–Crippen LogP) is 11.0. The first kappa shape index (κ1) is 31.9. The van der Waals surface area contributed by atoms with E-state index < -0.39 is 0 Å². The van der Waals surface area contributed by atoms with E-state index >= 15 is 0 Å². The number of fused-ring (bicyclic) bond motifs is 16. The molecule has 0 spiro atoms. The summed E-state index contributed by atoms with van der Waals surface area (Å²) in [5.74, 6) is 3.63. The summed E-state index contributed by atoms with van der Waals surface area (Å²) >= 11 is 0. The SMILES string of the molecule is COc1c2cc(c3ccccc13)Cc1cc(c3ccccc3c1OC)Cc1cc(c3ccccc3c1OC)Cc1cc(c(OC)c3ccccc13)C2. The molecule has 0 aromatic heterocycles. The smallest absolute Gasteiger partial charge is 0.130 e. The molecule has 4 nitrogen and oxygen atoms in total. The van der Waals surface area contributed by atoms with E-state index in [9.17, 15) is 0 Å². The van der Waals surface area contributed by atoms with E-state index in [2.05, 4.69) is 121 Å². The van der Waals surface area contributed by atoms with Crippen LogP contribution in [0.2, 0.25) is 0 Å². The van der Waals surface area contributed by atoms with Crippen LogP contribution in [0, 0.1) is 0 Å². The van der Waals surface area contributed by atoms with Crippen LogP contribution in [-0.2, 0) is 25.7 Å². The van der Waals surface area contributed by atoms with Crippen molar-refractivity contribution in [2.45, 2.75) is 25.7 Å². The van der Waals surface area contributed by atoms with Crippen LogP contribution >= 0.6 is 0 Å². The van der Waals surface area contributed by atoms with Crippen molar-refractivity contribution in [3.63, 3.8) is 0 Å². The number of methoxy groups -OCH3 is 4. The summed E-state index contributed by atoms with van der Waals surface area (Å²) in [6, 6.07) is 44.0. The Hall–Kier alpha value is -6.00. The average Bonchev–Trinajstić information content (AvgIpc) is 3.18. The molecule has 0 saturated carbocycles. The third-order valence-electron chi connectivity index (χ3n) is 11.0. The Labute approximate surface area is 304 Å². The van der Waals surface area contributed by atoms with Gasteiger partial charge in [0.2, 0.25) is 0 Å². The Kier molecular flexibility index (Phi) is 7.96. The minimum atomic E-state index is 0.650. The van der Waals surface area contributed by atoms with Crippen LogP contribution in [-0.4, -0.2) is 28.4 Å². The van der Waals surface area contributed by atoms with Crippen molar-refractivity contribution >= 4 is 43.1 Å². The summed E-state index contributed by atoms with van der Waals surface area (Å²) < 4.78 is 25.0. The molecular formula is C48H40O4. The zero-order valence-electron chi connectivity index (χ0n) is 30.0. The number of ether oxygens (including phenoxy) is 4. The summed E-state index contributed by atoms with van der Waals surface area (Å²) in [6.45, 7) is 0. The van der Waals surface area contributed by atoms with Crippen molar-refractivity contribution in [1.82, 2.24) is 0 Å². The average molecular weight is 681 g/mol. The molecule has 0 fully saturated rings. The van der Waals surface area contributed by atoms with Crippen LogP contribution in [0.15, 0.2) is 121 Å². The lowest BCUT2D eigenvalue weighted by atomic mass is 9.86. The van der Waals surface area contributed by atoms with Gasteiger partial charge in [0.25, 0.3) is 0 Å². The normalized spacial score (nSPS) is 12.7. The predicted molar refractivity (Wildman–Crippen MR) is 213 cm³/mol. The highest BCUT2D eigenvalue weighted by Crippen LogP contribution is 2.43. The van der Waals surface area contributed by atoms with Gasteiger partial charge in [0.15, 0.2) is 0 Å². The van der Waals surface area contributed by atoms with Gasteiger partial charge in [0.1, 0.15) is 23.0 Å². The molecule has 0 amide bonds. The van der Waals surface area contributed by atoms with Crippen molar-refractivity contribution in [1.29, 1.82) is 0 Å². The van der Waals surface area contributed by atoms with E-state index in [4.69, 9.17) is 18.9 Å². The van der Waals surface area contributed by atoms with Crippen molar-refractivity contribution in [2.75, 3.05) is 28.4 Å². The highest BCUT2D eigenvalue weighted by atomic mass is 16.5. The highest BCUT2D eigenvalue weighted by Gasteiger charge is 2.23. The van der Waals surface area contributed by atoms with Crippen LogP contribution in [0.1, 0.15) is 44.5 Å². The number of hydrogen-bond acceptors (Lipinski definition) is 4. The van der Waals surface area contributed by atoms with Crippen LogP contribution in [0.3, 0.4) is 0 Å². The quantitative estimate of drug-likeness (QED) is 0.185. The molecule has 0 aliphatic heterocycles. The maximum absolute atomic E-state index is 6.26. The first-order valence-electron chi connectivity index (χ1n) is 17.9. The highest BCUT2D eigenvalue weighted by molar-refractivity contribution is 5.98. The molecule has 1 aliphatic rings. The van der Waals surface area contributed by atoms with Gasteiger partial charge in [-0.3, -0.25) is 0 Å². The van der Waals surface area contributed by atoms with Crippen LogP contribution in [0.5, 0.6) is 23.0 Å². The molecule has 8 aromatic carbocycles. The molecule has 0 atom stereocenters. The zero-order chi connectivity index (χ0) is 35.3. The zero-order valence-corrected chi connectivity index (χ0v) is 30.0. The van der Waals surface area contributed by atoms with Crippen molar-refractivity contribution < 1.29 is 18.9 Å². The summed E-state index contributed by atoms with van der Waals surface area (Å²) in [4.78, 5) is 0. The van der Waals surface area contributed by atoms with Crippen LogP contribution in [0.4, 0.5) is 0 Å². The number of benzene rings is 8. The third kappa shape index (κ3) is 5.12. The lowest BCUT2D eigenvalue weighted by Crippen LogP contribution is -2.05. The Morgan fingerprint density at radius 2 is 0.462 bits per heavy atom. The van der Waals surface area contributed by atoms with Crippen molar-refractivity contribution in [2.24, 2.45) is 0 Å². The van der Waals surface area contributed by atoms with Gasteiger partial charge in [0.05, 0.1) is 28.4 Å². The number of rotatable bonds is 4. The van der Waals surface area contributed by atoms with Crippen LogP contribution in [0.25, 0.3) is 43.1 Å². The summed E-state index contributed by atoms with van der Waals surface area (Å²) in [7, 11) is 7.15. The molecule has 0 radical (unpaired) electrons. The topological polar surface area (TPSA) is 36.9 Å². The molecule has 0 N–H and O–H groups in total. The minimum Gasteiger partial charge on any atom is -0.496 e. The third-order valence-corrected chi connectivity index (χ3v) is 11.0. The second-order valence-electron chi connectivity index (χ2n) is 13.8. The fraction of sp³-hybridized carbons (Fsp3) is 0.167. The lowest BCUT2D eigenvalue weighted by Gasteiger charge is -2.22. The van der Waals surface area contributed by atoms with E-state index in [1.165, 1.54) is 49.4 Å². The fourth-order valence-corrected chi connectivity index (χ4v) is 8.85. The van der Waals surface area contributed by atoms with Gasteiger partial charge in [0, 0.05) is 40.8 Å². The summed E-state index contributed by atoms with van der Waals surface area (Å²) in [5, 5.41) is 9.21. The van der Waals surface area contributed by atoms with E-state index in [1.807, 2.05) is 0 Å². The molecular weight excluding hydrogens is 641 g/mol. The van der Waals surface area contributed by atoms with Gasteiger partial charge in [-0.15, -0.1) is 0 Å². The maximum Gasteiger partial charge on any atom is 0.130 e. The lowest BCUT2D eigenvalue weighted by molar-refractivity contribution is 0.410. The Balaban J connectivity index is 1.41. The van der Waals surface area contributed by atoms with Gasteiger partial charge in [-0.05, 0) is 72.5 Å². The van der Waals surface area contributed by atoms with E-state index in [0.717, 1.165) is 67.7 Å². The monoisotopic (exact) mass is 680 g/mol. The summed E-state index contributed by atoms with van der Waals surface area (Å²) in [5.41, 5.74) is 9.57. The maximum atomic E-state index is 6.26. The molecule has 4 heteroatoms. The molecule has 8 aromatic rings. The largest absolute Gasteiger partial charge is 0.496 e. The minimum absolute atomic E-state index is 0.650. The van der Waals surface area contributed by atoms with Gasteiger partial charge >= 0.3 is 0 Å². The van der Waals surface area contributed by atoms with Gasteiger partial charge in [-0.2, -0.15) is 0 Å². The molecule has 0 saturated heterocycles. The Bertz CT molecular complexity index is 2680. The van der Waals surface area contributed by atoms with Gasteiger partial charge < -0.3 is 18.9 Å². The molecule has 8 bridgehead atoms. The Morgan fingerprint density at radius 1 is 0.269 bits per heavy atom. The molecule has 0 heterocycles. The number of hydrogen-bond donors (Lipinski definition) is 0. The fourth-order valence-electron chi connectivity index (χ4n) is 8.85. The van der Waals surface area contributed by atoms with Crippen molar-refractivity contribution in [3.8, 4) is 23.0 Å². The van der Waals surface area contributed by atoms with Gasteiger partial charge in [-0.25, -0.2) is 0 Å². The molecule has 52 heavy (non-hydrogen) atoms. The second-order valence-corrected chi connectivity index (χ2v) is 13.8. The second kappa shape index (κ2) is 13.0. The first-order valence-corrected chi connectivity index (χ1v) is 17.9. The van der Waals surface area contributed by atoms with E-state index in [1.54, 1.807) is 28.4 Å². The Morgan fingerprint density at radius 3 is 0.692 bits per heavy atom. The molecule has 9 rings (SSSR count). The summed E-state index contributed by atoms with van der Waals surface area (Å²) in [6.07, 6.45) is 2.81. The molecule has 256 valence electrons. The molecule has 0 unspecified atom stereocenters.